The zero-order chi connectivity index (χ0) is 11.3. The summed E-state index contributed by atoms with van der Waals surface area (Å²) in [5.41, 5.74) is 0. The molecule has 0 bridgehead atoms. The van der Waals surface area contributed by atoms with Crippen LogP contribution in [0.25, 0.3) is 0 Å². The van der Waals surface area contributed by atoms with Gasteiger partial charge in [0.15, 0.2) is 0 Å². The Balaban J connectivity index is 2.23. The number of carboxylic acids is 1. The molecule has 0 saturated heterocycles. The fourth-order valence-corrected chi connectivity index (χ4v) is 2.19. The monoisotopic (exact) mass is 215 g/mol. The quantitative estimate of drug-likeness (QED) is 0.610. The average molecular weight is 215 g/mol. The summed E-state index contributed by atoms with van der Waals surface area (Å²) in [5, 5.41) is 21.0. The maximum Gasteiger partial charge on any atom is 0.306 e. The Hall–Kier alpha value is -0.610. The number of nitrogens with one attached hydrogen (secondary N) is 1. The van der Waals surface area contributed by atoms with Gasteiger partial charge in [-0.3, -0.25) is 4.79 Å². The minimum atomic E-state index is -0.658. The molecule has 0 aromatic carbocycles. The van der Waals surface area contributed by atoms with Crippen molar-refractivity contribution in [2.45, 2.75) is 26.2 Å². The summed E-state index contributed by atoms with van der Waals surface area (Å²) >= 11 is 0. The van der Waals surface area contributed by atoms with Gasteiger partial charge in [-0.05, 0) is 37.8 Å². The number of rotatable bonds is 6. The summed E-state index contributed by atoms with van der Waals surface area (Å²) in [6.07, 6.45) is 2.85. The van der Waals surface area contributed by atoms with E-state index in [1.54, 1.807) is 0 Å². The van der Waals surface area contributed by atoms with Crippen LogP contribution in [-0.4, -0.2) is 35.9 Å². The maximum absolute atomic E-state index is 10.9. The van der Waals surface area contributed by atoms with Crippen LogP contribution >= 0.6 is 0 Å². The summed E-state index contributed by atoms with van der Waals surface area (Å²) in [6, 6.07) is 0. The Bertz CT molecular complexity index is 208. The van der Waals surface area contributed by atoms with Gasteiger partial charge in [-0.25, -0.2) is 0 Å². The van der Waals surface area contributed by atoms with Crippen LogP contribution < -0.4 is 5.32 Å². The molecule has 3 unspecified atom stereocenters. The summed E-state index contributed by atoms with van der Waals surface area (Å²) in [4.78, 5) is 10.9. The average Bonchev–Trinajstić information content (AvgIpc) is 2.65. The molecule has 3 atom stereocenters. The molecule has 0 radical (unpaired) electrons. The minimum absolute atomic E-state index is 0.165. The first kappa shape index (κ1) is 12.5. The van der Waals surface area contributed by atoms with Crippen LogP contribution in [-0.2, 0) is 4.79 Å². The molecule has 1 aliphatic rings. The third kappa shape index (κ3) is 3.80. The molecule has 0 aliphatic heterocycles. The van der Waals surface area contributed by atoms with E-state index in [2.05, 4.69) is 5.32 Å². The molecule has 0 aromatic rings. The maximum atomic E-state index is 10.9. The number of carbonyl (C=O) groups is 1. The topological polar surface area (TPSA) is 69.6 Å². The molecule has 0 amide bonds. The highest BCUT2D eigenvalue weighted by atomic mass is 16.4. The summed E-state index contributed by atoms with van der Waals surface area (Å²) in [6.45, 7) is 3.68. The van der Waals surface area contributed by atoms with Crippen LogP contribution in [0.3, 0.4) is 0 Å². The van der Waals surface area contributed by atoms with Crippen LogP contribution in [0.5, 0.6) is 0 Å². The van der Waals surface area contributed by atoms with Gasteiger partial charge in [0.1, 0.15) is 0 Å². The predicted molar refractivity (Wildman–Crippen MR) is 57.6 cm³/mol. The molecule has 3 N–H and O–H groups in total. The lowest BCUT2D eigenvalue weighted by Gasteiger charge is -2.17. The molecule has 15 heavy (non-hydrogen) atoms. The molecule has 0 heterocycles. The number of hydrogen-bond donors (Lipinski definition) is 3. The molecule has 1 aliphatic carbocycles. The van der Waals surface area contributed by atoms with Gasteiger partial charge in [0, 0.05) is 6.61 Å². The standard InChI is InChI=1S/C11H21NO3/c1-8(7-13)5-12-6-9-3-2-4-10(9)11(14)15/h8-10,12-13H,2-7H2,1H3,(H,14,15). The van der Waals surface area contributed by atoms with Crippen LogP contribution in [0.1, 0.15) is 26.2 Å². The molecule has 88 valence electrons. The van der Waals surface area contributed by atoms with E-state index in [1.807, 2.05) is 6.92 Å². The SMILES string of the molecule is CC(CO)CNCC1CCCC1C(=O)O. The zero-order valence-corrected chi connectivity index (χ0v) is 9.28. The van der Waals surface area contributed by atoms with E-state index < -0.39 is 5.97 Å². The number of aliphatic hydroxyl groups excluding tert-OH is 1. The highest BCUT2D eigenvalue weighted by Gasteiger charge is 2.32. The Labute approximate surface area is 90.7 Å². The molecular weight excluding hydrogens is 194 g/mol. The lowest BCUT2D eigenvalue weighted by atomic mass is 9.96. The Morgan fingerprint density at radius 2 is 2.27 bits per heavy atom. The molecule has 1 saturated carbocycles. The van der Waals surface area contributed by atoms with E-state index in [1.165, 1.54) is 0 Å². The van der Waals surface area contributed by atoms with Crippen molar-refractivity contribution in [3.63, 3.8) is 0 Å². The fraction of sp³-hybridized carbons (Fsp3) is 0.909. The van der Waals surface area contributed by atoms with Gasteiger partial charge in [0.25, 0.3) is 0 Å². The van der Waals surface area contributed by atoms with Crippen molar-refractivity contribution in [3.8, 4) is 0 Å². The van der Waals surface area contributed by atoms with E-state index in [0.29, 0.717) is 0 Å². The van der Waals surface area contributed by atoms with Gasteiger partial charge in [-0.1, -0.05) is 13.3 Å². The van der Waals surface area contributed by atoms with Gasteiger partial charge in [0.2, 0.25) is 0 Å². The van der Waals surface area contributed by atoms with Crippen molar-refractivity contribution >= 4 is 5.97 Å². The second kappa shape index (κ2) is 6.08. The number of hydrogen-bond acceptors (Lipinski definition) is 3. The third-order valence-electron chi connectivity index (χ3n) is 3.19. The Kier molecular flexibility index (Phi) is 5.05. The van der Waals surface area contributed by atoms with Crippen molar-refractivity contribution in [1.82, 2.24) is 5.32 Å². The lowest BCUT2D eigenvalue weighted by Crippen LogP contribution is -2.32. The molecule has 4 heteroatoms. The van der Waals surface area contributed by atoms with E-state index in [4.69, 9.17) is 10.2 Å². The third-order valence-corrected chi connectivity index (χ3v) is 3.19. The van der Waals surface area contributed by atoms with Crippen molar-refractivity contribution < 1.29 is 15.0 Å². The van der Waals surface area contributed by atoms with Crippen LogP contribution in [0.15, 0.2) is 0 Å². The van der Waals surface area contributed by atoms with Crippen LogP contribution in [0.4, 0.5) is 0 Å². The first-order chi connectivity index (χ1) is 7.15. The van der Waals surface area contributed by atoms with Crippen LogP contribution in [0.2, 0.25) is 0 Å². The molecule has 0 spiro atoms. The van der Waals surface area contributed by atoms with Gasteiger partial charge < -0.3 is 15.5 Å². The number of aliphatic hydroxyl groups is 1. The molecule has 1 rings (SSSR count). The second-order valence-corrected chi connectivity index (χ2v) is 4.58. The predicted octanol–water partition coefficient (Wildman–Crippen LogP) is 0.705. The second-order valence-electron chi connectivity index (χ2n) is 4.58. The van der Waals surface area contributed by atoms with E-state index in [-0.39, 0.29) is 24.4 Å². The van der Waals surface area contributed by atoms with Gasteiger partial charge in [-0.2, -0.15) is 0 Å². The van der Waals surface area contributed by atoms with Crippen molar-refractivity contribution in [2.24, 2.45) is 17.8 Å². The largest absolute Gasteiger partial charge is 0.481 e. The van der Waals surface area contributed by atoms with Gasteiger partial charge in [0.05, 0.1) is 5.92 Å². The van der Waals surface area contributed by atoms with E-state index in [0.717, 1.165) is 32.4 Å². The Morgan fingerprint density at radius 3 is 2.87 bits per heavy atom. The fourth-order valence-electron chi connectivity index (χ4n) is 2.19. The molecule has 1 fully saturated rings. The first-order valence-electron chi connectivity index (χ1n) is 5.69. The lowest BCUT2D eigenvalue weighted by molar-refractivity contribution is -0.142. The first-order valence-corrected chi connectivity index (χ1v) is 5.69. The van der Waals surface area contributed by atoms with Crippen molar-refractivity contribution in [2.75, 3.05) is 19.7 Å². The van der Waals surface area contributed by atoms with Crippen molar-refractivity contribution in [3.05, 3.63) is 0 Å². The minimum Gasteiger partial charge on any atom is -0.481 e. The van der Waals surface area contributed by atoms with Crippen molar-refractivity contribution in [1.29, 1.82) is 0 Å². The van der Waals surface area contributed by atoms with Gasteiger partial charge in [-0.15, -0.1) is 0 Å². The van der Waals surface area contributed by atoms with Crippen LogP contribution in [0, 0.1) is 17.8 Å². The molecule has 4 nitrogen and oxygen atoms in total. The Morgan fingerprint density at radius 1 is 1.53 bits per heavy atom. The highest BCUT2D eigenvalue weighted by Crippen LogP contribution is 2.31. The molecular formula is C11H21NO3. The smallest absolute Gasteiger partial charge is 0.306 e. The number of carboxylic acid groups (broad SMARTS) is 1. The summed E-state index contributed by atoms with van der Waals surface area (Å²) < 4.78 is 0. The summed E-state index contributed by atoms with van der Waals surface area (Å²) in [7, 11) is 0. The highest BCUT2D eigenvalue weighted by molar-refractivity contribution is 5.70. The zero-order valence-electron chi connectivity index (χ0n) is 9.28. The van der Waals surface area contributed by atoms with E-state index in [9.17, 15) is 4.79 Å². The molecule has 0 aromatic heterocycles. The number of aliphatic carboxylic acids is 1. The van der Waals surface area contributed by atoms with E-state index >= 15 is 0 Å². The van der Waals surface area contributed by atoms with Gasteiger partial charge >= 0.3 is 5.97 Å². The normalized spacial score (nSPS) is 27.9. The summed E-state index contributed by atoms with van der Waals surface area (Å²) in [5.74, 6) is -0.306.